The smallest absolute Gasteiger partial charge is 0.251 e. The standard InChI is InChI=1S/C20H15Cl3N2O2/c1-27-18-10-13(5-6-14(18)19-16(22)3-2-8-24-19)20(26)25-11-12-4-7-15(21)17(23)9-12/h2-10H,11H2,1H3,(H,25,26). The van der Waals surface area contributed by atoms with Crippen LogP contribution < -0.4 is 10.1 Å². The van der Waals surface area contributed by atoms with Gasteiger partial charge in [-0.2, -0.15) is 0 Å². The zero-order valence-electron chi connectivity index (χ0n) is 14.3. The van der Waals surface area contributed by atoms with E-state index in [4.69, 9.17) is 39.5 Å². The fourth-order valence-corrected chi connectivity index (χ4v) is 3.09. The number of ether oxygens (including phenoxy) is 1. The van der Waals surface area contributed by atoms with Gasteiger partial charge in [-0.3, -0.25) is 9.78 Å². The average Bonchev–Trinajstić information content (AvgIpc) is 2.68. The molecule has 2 aromatic carbocycles. The SMILES string of the molecule is COc1cc(C(=O)NCc2ccc(Cl)c(Cl)c2)ccc1-c1ncccc1Cl. The summed E-state index contributed by atoms with van der Waals surface area (Å²) in [5.74, 6) is 0.274. The van der Waals surface area contributed by atoms with Crippen LogP contribution in [0.15, 0.2) is 54.7 Å². The van der Waals surface area contributed by atoms with Crippen LogP contribution in [0.4, 0.5) is 0 Å². The van der Waals surface area contributed by atoms with E-state index >= 15 is 0 Å². The molecule has 0 saturated heterocycles. The van der Waals surface area contributed by atoms with Gasteiger partial charge in [0.2, 0.25) is 0 Å². The molecule has 0 radical (unpaired) electrons. The zero-order chi connectivity index (χ0) is 19.4. The third kappa shape index (κ3) is 4.53. The summed E-state index contributed by atoms with van der Waals surface area (Å²) in [6.07, 6.45) is 1.65. The Hall–Kier alpha value is -2.27. The van der Waals surface area contributed by atoms with Crippen LogP contribution in [0, 0.1) is 0 Å². The van der Waals surface area contributed by atoms with Crippen molar-refractivity contribution in [1.29, 1.82) is 0 Å². The average molecular weight is 422 g/mol. The molecule has 27 heavy (non-hydrogen) atoms. The minimum atomic E-state index is -0.238. The first-order valence-electron chi connectivity index (χ1n) is 8.00. The number of carbonyl (C=O) groups is 1. The third-order valence-corrected chi connectivity index (χ3v) is 4.96. The van der Waals surface area contributed by atoms with E-state index in [-0.39, 0.29) is 5.91 Å². The number of carbonyl (C=O) groups excluding carboxylic acids is 1. The van der Waals surface area contributed by atoms with Gasteiger partial charge in [0.05, 0.1) is 27.9 Å². The van der Waals surface area contributed by atoms with Gasteiger partial charge in [-0.25, -0.2) is 0 Å². The highest BCUT2D eigenvalue weighted by molar-refractivity contribution is 6.42. The van der Waals surface area contributed by atoms with Gasteiger partial charge < -0.3 is 10.1 Å². The van der Waals surface area contributed by atoms with Crippen molar-refractivity contribution in [2.24, 2.45) is 0 Å². The summed E-state index contributed by atoms with van der Waals surface area (Å²) in [7, 11) is 1.53. The van der Waals surface area contributed by atoms with E-state index in [2.05, 4.69) is 10.3 Å². The van der Waals surface area contributed by atoms with Gasteiger partial charge in [0.15, 0.2) is 0 Å². The minimum absolute atomic E-state index is 0.238. The highest BCUT2D eigenvalue weighted by Crippen LogP contribution is 2.33. The number of rotatable bonds is 5. The molecule has 0 saturated carbocycles. The number of hydrogen-bond donors (Lipinski definition) is 1. The van der Waals surface area contributed by atoms with Crippen LogP contribution in [-0.2, 0) is 6.54 Å². The molecule has 3 aromatic rings. The number of nitrogens with zero attached hydrogens (tertiary/aromatic N) is 1. The summed E-state index contributed by atoms with van der Waals surface area (Å²) in [6, 6.07) is 13.8. The maximum Gasteiger partial charge on any atom is 0.251 e. The molecule has 7 heteroatoms. The van der Waals surface area contributed by atoms with E-state index < -0.39 is 0 Å². The van der Waals surface area contributed by atoms with Crippen molar-refractivity contribution in [2.75, 3.05) is 7.11 Å². The topological polar surface area (TPSA) is 51.2 Å². The Balaban J connectivity index is 1.79. The van der Waals surface area contributed by atoms with Gasteiger partial charge >= 0.3 is 0 Å². The van der Waals surface area contributed by atoms with Crippen molar-refractivity contribution in [3.8, 4) is 17.0 Å². The zero-order valence-corrected chi connectivity index (χ0v) is 16.6. The summed E-state index contributed by atoms with van der Waals surface area (Å²) >= 11 is 18.1. The highest BCUT2D eigenvalue weighted by Gasteiger charge is 2.14. The Morgan fingerprint density at radius 1 is 1.04 bits per heavy atom. The fraction of sp³-hybridized carbons (Fsp3) is 0.100. The molecule has 0 atom stereocenters. The van der Waals surface area contributed by atoms with E-state index in [0.29, 0.717) is 44.2 Å². The molecule has 0 bridgehead atoms. The van der Waals surface area contributed by atoms with E-state index in [9.17, 15) is 4.79 Å². The van der Waals surface area contributed by atoms with Crippen LogP contribution in [0.5, 0.6) is 5.75 Å². The lowest BCUT2D eigenvalue weighted by molar-refractivity contribution is 0.0950. The van der Waals surface area contributed by atoms with Crippen molar-refractivity contribution >= 4 is 40.7 Å². The normalized spacial score (nSPS) is 10.5. The van der Waals surface area contributed by atoms with Gasteiger partial charge in [0.25, 0.3) is 5.91 Å². The Morgan fingerprint density at radius 3 is 2.56 bits per heavy atom. The minimum Gasteiger partial charge on any atom is -0.496 e. The lowest BCUT2D eigenvalue weighted by Gasteiger charge is -2.12. The maximum absolute atomic E-state index is 12.5. The summed E-state index contributed by atoms with van der Waals surface area (Å²) in [4.78, 5) is 16.8. The number of nitrogens with one attached hydrogen (secondary N) is 1. The number of benzene rings is 2. The lowest BCUT2D eigenvalue weighted by atomic mass is 10.1. The summed E-state index contributed by atoms with van der Waals surface area (Å²) in [6.45, 7) is 0.325. The molecule has 138 valence electrons. The lowest BCUT2D eigenvalue weighted by Crippen LogP contribution is -2.22. The molecule has 0 aliphatic heterocycles. The Kier molecular flexibility index (Phi) is 6.22. The monoisotopic (exact) mass is 420 g/mol. The molecule has 0 unspecified atom stereocenters. The van der Waals surface area contributed by atoms with Crippen molar-refractivity contribution in [3.63, 3.8) is 0 Å². The number of aromatic nitrogens is 1. The van der Waals surface area contributed by atoms with Crippen LogP contribution >= 0.6 is 34.8 Å². The van der Waals surface area contributed by atoms with Crippen LogP contribution in [-0.4, -0.2) is 18.0 Å². The molecular formula is C20H15Cl3N2O2. The fourth-order valence-electron chi connectivity index (χ4n) is 2.55. The molecule has 0 spiro atoms. The molecular weight excluding hydrogens is 407 g/mol. The Morgan fingerprint density at radius 2 is 1.85 bits per heavy atom. The van der Waals surface area contributed by atoms with Crippen molar-refractivity contribution in [2.45, 2.75) is 6.54 Å². The molecule has 1 heterocycles. The molecule has 3 rings (SSSR count). The number of pyridine rings is 1. The molecule has 4 nitrogen and oxygen atoms in total. The second kappa shape index (κ2) is 8.61. The van der Waals surface area contributed by atoms with Crippen LogP contribution in [0.3, 0.4) is 0 Å². The molecule has 0 aliphatic rings. The summed E-state index contributed by atoms with van der Waals surface area (Å²) in [5.41, 5.74) is 2.62. The van der Waals surface area contributed by atoms with E-state index in [0.717, 1.165) is 5.56 Å². The second-order valence-corrected chi connectivity index (χ2v) is 6.90. The largest absolute Gasteiger partial charge is 0.496 e. The van der Waals surface area contributed by atoms with Gasteiger partial charge in [0.1, 0.15) is 5.75 Å². The quantitative estimate of drug-likeness (QED) is 0.579. The number of amides is 1. The summed E-state index contributed by atoms with van der Waals surface area (Å²) in [5, 5.41) is 4.27. The van der Waals surface area contributed by atoms with Gasteiger partial charge in [-0.1, -0.05) is 40.9 Å². The van der Waals surface area contributed by atoms with Crippen molar-refractivity contribution in [3.05, 3.63) is 80.9 Å². The van der Waals surface area contributed by atoms with Gasteiger partial charge in [-0.15, -0.1) is 0 Å². The number of halogens is 3. The Labute approximate surface area is 172 Å². The van der Waals surface area contributed by atoms with E-state index in [1.54, 1.807) is 54.7 Å². The number of methoxy groups -OCH3 is 1. The first-order chi connectivity index (χ1) is 13.0. The molecule has 1 aromatic heterocycles. The maximum atomic E-state index is 12.5. The van der Waals surface area contributed by atoms with Gasteiger partial charge in [0, 0.05) is 23.9 Å². The first-order valence-corrected chi connectivity index (χ1v) is 9.14. The molecule has 1 amide bonds. The van der Waals surface area contributed by atoms with E-state index in [1.807, 2.05) is 0 Å². The predicted octanol–water partition coefficient (Wildman–Crippen LogP) is 5.65. The second-order valence-electron chi connectivity index (χ2n) is 5.68. The highest BCUT2D eigenvalue weighted by atomic mass is 35.5. The van der Waals surface area contributed by atoms with Crippen LogP contribution in [0.2, 0.25) is 15.1 Å². The molecule has 0 aliphatic carbocycles. The molecule has 0 fully saturated rings. The first kappa shape index (κ1) is 19.5. The van der Waals surface area contributed by atoms with Crippen LogP contribution in [0.1, 0.15) is 15.9 Å². The third-order valence-electron chi connectivity index (χ3n) is 3.91. The van der Waals surface area contributed by atoms with E-state index in [1.165, 1.54) is 7.11 Å². The van der Waals surface area contributed by atoms with Crippen molar-refractivity contribution in [1.82, 2.24) is 10.3 Å². The van der Waals surface area contributed by atoms with Crippen LogP contribution in [0.25, 0.3) is 11.3 Å². The predicted molar refractivity (Wildman–Crippen MR) is 109 cm³/mol. The number of hydrogen-bond acceptors (Lipinski definition) is 3. The molecule has 1 N–H and O–H groups in total. The Bertz CT molecular complexity index is 993. The van der Waals surface area contributed by atoms with Gasteiger partial charge in [-0.05, 0) is 48.0 Å². The summed E-state index contributed by atoms with van der Waals surface area (Å²) < 4.78 is 5.43. The van der Waals surface area contributed by atoms with Crippen molar-refractivity contribution < 1.29 is 9.53 Å².